The van der Waals surface area contributed by atoms with Crippen molar-refractivity contribution >= 4 is 15.9 Å². The second-order valence-corrected chi connectivity index (χ2v) is 9.85. The number of nitrogens with zero attached hydrogens (tertiary/aromatic N) is 2. The van der Waals surface area contributed by atoms with E-state index in [2.05, 4.69) is 9.62 Å². The zero-order valence-corrected chi connectivity index (χ0v) is 18.5. The predicted molar refractivity (Wildman–Crippen MR) is 113 cm³/mol. The lowest BCUT2D eigenvalue weighted by atomic mass is 9.88. The SMILES string of the molecule is CNS(=O)(=O)c1cccc(CC(=O)N(C)C2CCCCC2N2CCCC2)c1OC. The van der Waals surface area contributed by atoms with Gasteiger partial charge in [-0.3, -0.25) is 9.69 Å². The molecule has 1 saturated carbocycles. The van der Waals surface area contributed by atoms with E-state index in [4.69, 9.17) is 4.74 Å². The smallest absolute Gasteiger partial charge is 0.244 e. The van der Waals surface area contributed by atoms with Crippen molar-refractivity contribution in [1.82, 2.24) is 14.5 Å². The Hall–Kier alpha value is -1.64. The zero-order valence-electron chi connectivity index (χ0n) is 17.7. The van der Waals surface area contributed by atoms with E-state index in [0.29, 0.717) is 11.6 Å². The van der Waals surface area contributed by atoms with Gasteiger partial charge in [-0.05, 0) is 51.9 Å². The summed E-state index contributed by atoms with van der Waals surface area (Å²) in [7, 11) is 1.02. The number of methoxy groups -OCH3 is 1. The highest BCUT2D eigenvalue weighted by molar-refractivity contribution is 7.89. The molecule has 1 aromatic carbocycles. The van der Waals surface area contributed by atoms with E-state index in [0.717, 1.165) is 32.4 Å². The zero-order chi connectivity index (χ0) is 21.0. The predicted octanol–water partition coefficient (Wildman–Crippen LogP) is 2.01. The summed E-state index contributed by atoms with van der Waals surface area (Å²) in [6.45, 7) is 2.25. The van der Waals surface area contributed by atoms with Crippen molar-refractivity contribution in [2.75, 3.05) is 34.3 Å². The third kappa shape index (κ3) is 4.75. The van der Waals surface area contributed by atoms with E-state index in [1.165, 1.54) is 39.5 Å². The number of carbonyl (C=O) groups is 1. The van der Waals surface area contributed by atoms with Gasteiger partial charge >= 0.3 is 0 Å². The Morgan fingerprint density at radius 3 is 2.55 bits per heavy atom. The molecule has 1 saturated heterocycles. The first kappa shape index (κ1) is 22.1. The van der Waals surface area contributed by atoms with Crippen LogP contribution in [0.3, 0.4) is 0 Å². The quantitative estimate of drug-likeness (QED) is 0.726. The molecule has 1 aliphatic heterocycles. The minimum atomic E-state index is -3.67. The molecule has 1 aromatic rings. The number of hydrogen-bond acceptors (Lipinski definition) is 5. The molecular weight excluding hydrogens is 390 g/mol. The number of amides is 1. The number of carbonyl (C=O) groups excluding carboxylic acids is 1. The topological polar surface area (TPSA) is 79.0 Å². The molecular formula is C21H33N3O4S. The van der Waals surface area contributed by atoms with Gasteiger partial charge in [0.15, 0.2) is 0 Å². The number of para-hydroxylation sites is 1. The minimum Gasteiger partial charge on any atom is -0.495 e. The van der Waals surface area contributed by atoms with Crippen LogP contribution in [0.2, 0.25) is 0 Å². The van der Waals surface area contributed by atoms with Crippen molar-refractivity contribution in [3.8, 4) is 5.75 Å². The molecule has 1 heterocycles. The summed E-state index contributed by atoms with van der Waals surface area (Å²) in [5.74, 6) is 0.238. The second kappa shape index (κ2) is 9.45. The summed E-state index contributed by atoms with van der Waals surface area (Å²) >= 11 is 0. The first-order chi connectivity index (χ1) is 13.9. The van der Waals surface area contributed by atoms with Crippen molar-refractivity contribution in [2.24, 2.45) is 0 Å². The normalized spacial score (nSPS) is 23.1. The highest BCUT2D eigenvalue weighted by atomic mass is 32.2. The average Bonchev–Trinajstić information content (AvgIpc) is 3.27. The summed E-state index contributed by atoms with van der Waals surface area (Å²) in [5, 5.41) is 0. The summed E-state index contributed by atoms with van der Waals surface area (Å²) in [6.07, 6.45) is 7.13. The molecule has 2 fully saturated rings. The molecule has 3 rings (SSSR count). The van der Waals surface area contributed by atoms with Crippen LogP contribution in [0.1, 0.15) is 44.1 Å². The molecule has 1 aliphatic carbocycles. The largest absolute Gasteiger partial charge is 0.495 e. The molecule has 2 aliphatic rings. The number of hydrogen-bond donors (Lipinski definition) is 1. The first-order valence-corrected chi connectivity index (χ1v) is 12.0. The third-order valence-corrected chi connectivity index (χ3v) is 7.80. The number of nitrogens with one attached hydrogen (secondary N) is 1. The lowest BCUT2D eigenvalue weighted by Gasteiger charge is -2.42. The van der Waals surface area contributed by atoms with Crippen molar-refractivity contribution in [3.05, 3.63) is 23.8 Å². The van der Waals surface area contributed by atoms with Crippen LogP contribution in [0, 0.1) is 0 Å². The van der Waals surface area contributed by atoms with Crippen LogP contribution < -0.4 is 9.46 Å². The highest BCUT2D eigenvalue weighted by Gasteiger charge is 2.35. The molecule has 0 bridgehead atoms. The van der Waals surface area contributed by atoms with Gasteiger partial charge in [-0.15, -0.1) is 0 Å². The molecule has 1 N–H and O–H groups in total. The molecule has 7 nitrogen and oxygen atoms in total. The number of benzene rings is 1. The Morgan fingerprint density at radius 1 is 1.21 bits per heavy atom. The lowest BCUT2D eigenvalue weighted by molar-refractivity contribution is -0.133. The monoisotopic (exact) mass is 423 g/mol. The number of ether oxygens (including phenoxy) is 1. The Bertz CT molecular complexity index is 821. The van der Waals surface area contributed by atoms with E-state index >= 15 is 0 Å². The fourth-order valence-electron chi connectivity index (χ4n) is 4.77. The number of likely N-dealkylation sites (tertiary alicyclic amines) is 1. The first-order valence-electron chi connectivity index (χ1n) is 10.5. The van der Waals surface area contributed by atoms with Crippen molar-refractivity contribution < 1.29 is 17.9 Å². The maximum absolute atomic E-state index is 13.2. The number of rotatable bonds is 7. The van der Waals surface area contributed by atoms with Gasteiger partial charge in [0.25, 0.3) is 0 Å². The highest BCUT2D eigenvalue weighted by Crippen LogP contribution is 2.31. The summed E-state index contributed by atoms with van der Waals surface area (Å²) in [5.41, 5.74) is 0.592. The van der Waals surface area contributed by atoms with Gasteiger partial charge in [-0.2, -0.15) is 0 Å². The molecule has 1 amide bonds. The second-order valence-electron chi connectivity index (χ2n) is 8.00. The van der Waals surface area contributed by atoms with Gasteiger partial charge in [0.1, 0.15) is 10.6 Å². The summed E-state index contributed by atoms with van der Waals surface area (Å²) in [4.78, 5) is 17.7. The summed E-state index contributed by atoms with van der Waals surface area (Å²) < 4.78 is 32.3. The summed E-state index contributed by atoms with van der Waals surface area (Å²) in [6, 6.07) is 5.55. The Balaban J connectivity index is 1.79. The molecule has 162 valence electrons. The fourth-order valence-corrected chi connectivity index (χ4v) is 5.71. The molecule has 0 radical (unpaired) electrons. The van der Waals surface area contributed by atoms with E-state index in [1.807, 2.05) is 11.9 Å². The van der Waals surface area contributed by atoms with Gasteiger partial charge in [0.2, 0.25) is 15.9 Å². The minimum absolute atomic E-state index is 0.00148. The lowest BCUT2D eigenvalue weighted by Crippen LogP contribution is -2.53. The number of likely N-dealkylation sites (N-methyl/N-ethyl adjacent to an activating group) is 1. The molecule has 0 aromatic heterocycles. The van der Waals surface area contributed by atoms with Crippen LogP contribution >= 0.6 is 0 Å². The van der Waals surface area contributed by atoms with Crippen LogP contribution in [-0.2, 0) is 21.2 Å². The van der Waals surface area contributed by atoms with Gasteiger partial charge in [-0.1, -0.05) is 25.0 Å². The maximum atomic E-state index is 13.2. The Labute approximate surface area is 174 Å². The van der Waals surface area contributed by atoms with Gasteiger partial charge < -0.3 is 9.64 Å². The van der Waals surface area contributed by atoms with Crippen molar-refractivity contribution in [2.45, 2.75) is 61.9 Å². The van der Waals surface area contributed by atoms with Crippen LogP contribution in [0.25, 0.3) is 0 Å². The third-order valence-electron chi connectivity index (χ3n) is 6.36. The fraction of sp³-hybridized carbons (Fsp3) is 0.667. The average molecular weight is 424 g/mol. The standard InChI is InChI=1S/C21H33N3O4S/c1-22-29(26,27)19-12-8-9-16(21(19)28-3)15-20(25)23(2)17-10-4-5-11-18(17)24-13-6-7-14-24/h8-9,12,17-18,22H,4-7,10-11,13-15H2,1-3H3. The Kier molecular flexibility index (Phi) is 7.19. The molecule has 2 atom stereocenters. The maximum Gasteiger partial charge on any atom is 0.244 e. The van der Waals surface area contributed by atoms with Crippen molar-refractivity contribution in [1.29, 1.82) is 0 Å². The van der Waals surface area contributed by atoms with Crippen LogP contribution in [0.4, 0.5) is 0 Å². The van der Waals surface area contributed by atoms with E-state index in [9.17, 15) is 13.2 Å². The van der Waals surface area contributed by atoms with Gasteiger partial charge in [0.05, 0.1) is 13.5 Å². The van der Waals surface area contributed by atoms with Crippen LogP contribution in [0.5, 0.6) is 5.75 Å². The Morgan fingerprint density at radius 2 is 1.90 bits per heavy atom. The molecule has 29 heavy (non-hydrogen) atoms. The van der Waals surface area contributed by atoms with Gasteiger partial charge in [0, 0.05) is 24.7 Å². The van der Waals surface area contributed by atoms with Gasteiger partial charge in [-0.25, -0.2) is 13.1 Å². The molecule has 0 spiro atoms. The van der Waals surface area contributed by atoms with Crippen LogP contribution in [0.15, 0.2) is 23.1 Å². The molecule has 8 heteroatoms. The molecule has 2 unspecified atom stereocenters. The van der Waals surface area contributed by atoms with E-state index in [1.54, 1.807) is 12.1 Å². The van der Waals surface area contributed by atoms with Crippen LogP contribution in [-0.4, -0.2) is 70.5 Å². The van der Waals surface area contributed by atoms with Crippen molar-refractivity contribution in [3.63, 3.8) is 0 Å². The van der Waals surface area contributed by atoms with E-state index < -0.39 is 10.0 Å². The number of sulfonamides is 1. The van der Waals surface area contributed by atoms with E-state index in [-0.39, 0.29) is 29.0 Å².